The van der Waals surface area contributed by atoms with Crippen molar-refractivity contribution >= 4 is 5.91 Å². The normalized spacial score (nSPS) is 11.8. The molecule has 3 aromatic rings. The van der Waals surface area contributed by atoms with E-state index in [2.05, 4.69) is 10.3 Å². The van der Waals surface area contributed by atoms with E-state index < -0.39 is 6.04 Å². The fraction of sp³-hybridized carbons (Fsp3) is 0.190. The standard InChI is InChI=1S/C21H21N3O2/c1-15-14-22-20(24(2)21(15)26)19(17-11-7-4-8-12-17)23-18(25)13-16-9-5-3-6-10-16/h3-12,14,19H,13H2,1-2H3,(H,23,25)/t19-/m0/s1. The lowest BCUT2D eigenvalue weighted by Crippen LogP contribution is -2.35. The molecule has 0 fully saturated rings. The molecule has 1 amide bonds. The average Bonchev–Trinajstić information content (AvgIpc) is 2.66. The molecule has 0 aliphatic heterocycles. The first kappa shape index (κ1) is 17.6. The Bertz CT molecular complexity index is 950. The Labute approximate surface area is 152 Å². The third-order valence-electron chi connectivity index (χ3n) is 4.28. The number of hydrogen-bond donors (Lipinski definition) is 1. The van der Waals surface area contributed by atoms with Crippen LogP contribution in [0.15, 0.2) is 71.7 Å². The number of nitrogens with zero attached hydrogens (tertiary/aromatic N) is 2. The van der Waals surface area contributed by atoms with Crippen LogP contribution in [0.5, 0.6) is 0 Å². The minimum Gasteiger partial charge on any atom is -0.342 e. The number of rotatable bonds is 5. The van der Waals surface area contributed by atoms with Gasteiger partial charge < -0.3 is 5.32 Å². The van der Waals surface area contributed by atoms with Gasteiger partial charge in [0.25, 0.3) is 5.56 Å². The van der Waals surface area contributed by atoms with Gasteiger partial charge in [0.1, 0.15) is 11.9 Å². The average molecular weight is 347 g/mol. The van der Waals surface area contributed by atoms with Crippen LogP contribution in [0.3, 0.4) is 0 Å². The number of aromatic nitrogens is 2. The molecule has 0 unspecified atom stereocenters. The quantitative estimate of drug-likeness (QED) is 0.771. The largest absolute Gasteiger partial charge is 0.342 e. The summed E-state index contributed by atoms with van der Waals surface area (Å²) in [7, 11) is 1.68. The van der Waals surface area contributed by atoms with Gasteiger partial charge in [0, 0.05) is 18.8 Å². The van der Waals surface area contributed by atoms with Crippen molar-refractivity contribution in [3.63, 3.8) is 0 Å². The fourth-order valence-corrected chi connectivity index (χ4v) is 2.88. The zero-order valence-corrected chi connectivity index (χ0v) is 14.8. The van der Waals surface area contributed by atoms with Crippen molar-refractivity contribution < 1.29 is 4.79 Å². The Morgan fingerprint density at radius 1 is 1.08 bits per heavy atom. The molecule has 1 N–H and O–H groups in total. The van der Waals surface area contributed by atoms with Crippen molar-refractivity contribution in [3.8, 4) is 0 Å². The Morgan fingerprint density at radius 3 is 2.35 bits per heavy atom. The summed E-state index contributed by atoms with van der Waals surface area (Å²) in [4.78, 5) is 29.3. The molecule has 5 heteroatoms. The molecule has 1 atom stereocenters. The SMILES string of the molecule is Cc1cnc([C@@H](NC(=O)Cc2ccccc2)c2ccccc2)n(C)c1=O. The van der Waals surface area contributed by atoms with Gasteiger partial charge >= 0.3 is 0 Å². The van der Waals surface area contributed by atoms with E-state index in [-0.39, 0.29) is 17.9 Å². The summed E-state index contributed by atoms with van der Waals surface area (Å²) in [6.07, 6.45) is 1.82. The number of amides is 1. The second-order valence-corrected chi connectivity index (χ2v) is 6.24. The Morgan fingerprint density at radius 2 is 1.69 bits per heavy atom. The van der Waals surface area contributed by atoms with Gasteiger partial charge in [-0.2, -0.15) is 0 Å². The highest BCUT2D eigenvalue weighted by Crippen LogP contribution is 2.19. The highest BCUT2D eigenvalue weighted by atomic mass is 16.1. The molecule has 1 aromatic heterocycles. The van der Waals surface area contributed by atoms with Gasteiger partial charge in [0.15, 0.2) is 0 Å². The van der Waals surface area contributed by atoms with Crippen molar-refractivity contribution in [2.45, 2.75) is 19.4 Å². The molecule has 0 bridgehead atoms. The number of aryl methyl sites for hydroxylation is 1. The van der Waals surface area contributed by atoms with Gasteiger partial charge in [-0.15, -0.1) is 0 Å². The second-order valence-electron chi connectivity index (χ2n) is 6.24. The smallest absolute Gasteiger partial charge is 0.256 e. The van der Waals surface area contributed by atoms with Crippen LogP contribution in [0.2, 0.25) is 0 Å². The van der Waals surface area contributed by atoms with E-state index in [9.17, 15) is 9.59 Å². The van der Waals surface area contributed by atoms with Crippen LogP contribution in [0, 0.1) is 6.92 Å². The van der Waals surface area contributed by atoms with Crippen molar-refractivity contribution in [2.75, 3.05) is 0 Å². The van der Waals surface area contributed by atoms with Gasteiger partial charge in [-0.25, -0.2) is 4.98 Å². The molecule has 0 spiro atoms. The van der Waals surface area contributed by atoms with Gasteiger partial charge in [0.05, 0.1) is 6.42 Å². The number of benzene rings is 2. The topological polar surface area (TPSA) is 64.0 Å². The third-order valence-corrected chi connectivity index (χ3v) is 4.28. The number of nitrogens with one attached hydrogen (secondary N) is 1. The number of carbonyl (C=O) groups excluding carboxylic acids is 1. The molecule has 3 rings (SSSR count). The molecule has 5 nitrogen and oxygen atoms in total. The molecule has 2 aromatic carbocycles. The Balaban J connectivity index is 1.94. The molecule has 26 heavy (non-hydrogen) atoms. The Kier molecular flexibility index (Phi) is 5.27. The maximum Gasteiger partial charge on any atom is 0.256 e. The minimum absolute atomic E-state index is 0.117. The fourth-order valence-electron chi connectivity index (χ4n) is 2.88. The number of hydrogen-bond acceptors (Lipinski definition) is 3. The zero-order valence-electron chi connectivity index (χ0n) is 14.8. The molecule has 0 radical (unpaired) electrons. The maximum absolute atomic E-state index is 12.6. The van der Waals surface area contributed by atoms with Crippen LogP contribution in [-0.2, 0) is 18.3 Å². The predicted octanol–water partition coefficient (Wildman–Crippen LogP) is 2.54. The predicted molar refractivity (Wildman–Crippen MR) is 101 cm³/mol. The van der Waals surface area contributed by atoms with E-state index in [4.69, 9.17) is 0 Å². The lowest BCUT2D eigenvalue weighted by Gasteiger charge is -2.21. The van der Waals surface area contributed by atoms with Crippen LogP contribution >= 0.6 is 0 Å². The van der Waals surface area contributed by atoms with E-state index in [1.165, 1.54) is 4.57 Å². The number of carbonyl (C=O) groups is 1. The highest BCUT2D eigenvalue weighted by molar-refractivity contribution is 5.79. The first-order valence-electron chi connectivity index (χ1n) is 8.47. The molecule has 0 aliphatic carbocycles. The maximum atomic E-state index is 12.6. The van der Waals surface area contributed by atoms with Crippen LogP contribution in [0.4, 0.5) is 0 Å². The summed E-state index contributed by atoms with van der Waals surface area (Å²) < 4.78 is 1.50. The van der Waals surface area contributed by atoms with E-state index in [1.54, 1.807) is 20.2 Å². The van der Waals surface area contributed by atoms with E-state index in [0.29, 0.717) is 11.4 Å². The van der Waals surface area contributed by atoms with Gasteiger partial charge in [0.2, 0.25) is 5.91 Å². The summed E-state index contributed by atoms with van der Waals surface area (Å²) in [5.41, 5.74) is 2.26. The summed E-state index contributed by atoms with van der Waals surface area (Å²) in [5, 5.41) is 3.02. The monoisotopic (exact) mass is 347 g/mol. The molecular formula is C21H21N3O2. The van der Waals surface area contributed by atoms with E-state index in [0.717, 1.165) is 11.1 Å². The summed E-state index contributed by atoms with van der Waals surface area (Å²) in [6, 6.07) is 18.6. The van der Waals surface area contributed by atoms with E-state index in [1.807, 2.05) is 60.7 Å². The van der Waals surface area contributed by atoms with Crippen LogP contribution in [0.1, 0.15) is 28.6 Å². The van der Waals surface area contributed by atoms with Gasteiger partial charge in [-0.3, -0.25) is 14.2 Å². The molecular weight excluding hydrogens is 326 g/mol. The third kappa shape index (κ3) is 3.88. The van der Waals surface area contributed by atoms with Gasteiger partial charge in [-0.1, -0.05) is 60.7 Å². The summed E-state index contributed by atoms with van der Waals surface area (Å²) in [6.45, 7) is 1.73. The van der Waals surface area contributed by atoms with Gasteiger partial charge in [-0.05, 0) is 18.1 Å². The lowest BCUT2D eigenvalue weighted by molar-refractivity contribution is -0.121. The molecule has 132 valence electrons. The van der Waals surface area contributed by atoms with Crippen LogP contribution < -0.4 is 10.9 Å². The lowest BCUT2D eigenvalue weighted by atomic mass is 10.0. The molecule has 0 saturated heterocycles. The van der Waals surface area contributed by atoms with E-state index >= 15 is 0 Å². The highest BCUT2D eigenvalue weighted by Gasteiger charge is 2.21. The molecule has 0 aliphatic rings. The minimum atomic E-state index is -0.495. The van der Waals surface area contributed by atoms with Crippen LogP contribution in [0.25, 0.3) is 0 Å². The molecule has 1 heterocycles. The summed E-state index contributed by atoms with van der Waals surface area (Å²) >= 11 is 0. The second kappa shape index (κ2) is 7.78. The first-order valence-corrected chi connectivity index (χ1v) is 8.47. The van der Waals surface area contributed by atoms with Crippen molar-refractivity contribution in [1.82, 2.24) is 14.9 Å². The van der Waals surface area contributed by atoms with Crippen molar-refractivity contribution in [2.24, 2.45) is 7.05 Å². The first-order chi connectivity index (χ1) is 12.6. The van der Waals surface area contributed by atoms with Crippen molar-refractivity contribution in [3.05, 3.63) is 99.7 Å². The summed E-state index contributed by atoms with van der Waals surface area (Å²) in [5.74, 6) is 0.382. The molecule has 0 saturated carbocycles. The van der Waals surface area contributed by atoms with Crippen molar-refractivity contribution in [1.29, 1.82) is 0 Å². The Hall–Kier alpha value is -3.21. The van der Waals surface area contributed by atoms with Crippen LogP contribution in [-0.4, -0.2) is 15.5 Å². The zero-order chi connectivity index (χ0) is 18.5.